The van der Waals surface area contributed by atoms with Gasteiger partial charge >= 0.3 is 0 Å². The van der Waals surface area contributed by atoms with Gasteiger partial charge in [0.05, 0.1) is 6.04 Å². The molecule has 2 heterocycles. The lowest BCUT2D eigenvalue weighted by Gasteiger charge is -2.38. The first-order valence-electron chi connectivity index (χ1n) is 9.81. The third-order valence-electron chi connectivity index (χ3n) is 5.52. The SMILES string of the molecule is CN1CCN([C@@H](CNC(=O)[C@@H]2OCOc3ccccc32)c2ccccc2)CC1. The van der Waals surface area contributed by atoms with Crippen LogP contribution in [0.3, 0.4) is 0 Å². The molecule has 6 nitrogen and oxygen atoms in total. The Morgan fingerprint density at radius 3 is 2.57 bits per heavy atom. The molecular weight excluding hydrogens is 354 g/mol. The molecule has 148 valence electrons. The molecule has 6 heteroatoms. The fourth-order valence-electron chi connectivity index (χ4n) is 3.86. The Morgan fingerprint density at radius 1 is 1.07 bits per heavy atom. The summed E-state index contributed by atoms with van der Waals surface area (Å²) in [7, 11) is 2.15. The number of para-hydroxylation sites is 1. The number of carbonyl (C=O) groups excluding carboxylic acids is 1. The number of ether oxygens (including phenoxy) is 2. The van der Waals surface area contributed by atoms with Crippen LogP contribution < -0.4 is 10.1 Å². The third-order valence-corrected chi connectivity index (χ3v) is 5.52. The quantitative estimate of drug-likeness (QED) is 0.861. The molecule has 0 unspecified atom stereocenters. The van der Waals surface area contributed by atoms with Crippen molar-refractivity contribution in [3.63, 3.8) is 0 Å². The number of amides is 1. The topological polar surface area (TPSA) is 54.0 Å². The van der Waals surface area contributed by atoms with E-state index in [0.717, 1.165) is 31.7 Å². The summed E-state index contributed by atoms with van der Waals surface area (Å²) >= 11 is 0. The molecule has 2 atom stereocenters. The van der Waals surface area contributed by atoms with E-state index in [1.807, 2.05) is 30.3 Å². The zero-order valence-electron chi connectivity index (χ0n) is 16.2. The molecule has 0 bridgehead atoms. The van der Waals surface area contributed by atoms with Gasteiger partial charge in [-0.15, -0.1) is 0 Å². The van der Waals surface area contributed by atoms with Crippen LogP contribution in [0.2, 0.25) is 0 Å². The molecule has 2 aliphatic heterocycles. The van der Waals surface area contributed by atoms with Gasteiger partial charge in [0.2, 0.25) is 0 Å². The standard InChI is InChI=1S/C22H27N3O3/c1-24-11-13-25(14-12-24)19(17-7-3-2-4-8-17)15-23-22(26)21-18-9-5-6-10-20(18)27-16-28-21/h2-10,19,21H,11-16H2,1H3,(H,23,26)/t19-,21+/m0/s1. The fraction of sp³-hybridized carbons (Fsp3) is 0.409. The Hall–Kier alpha value is -2.41. The molecule has 4 rings (SSSR count). The Balaban J connectivity index is 1.46. The van der Waals surface area contributed by atoms with Gasteiger partial charge in [0.1, 0.15) is 5.75 Å². The van der Waals surface area contributed by atoms with E-state index in [-0.39, 0.29) is 18.7 Å². The van der Waals surface area contributed by atoms with Crippen LogP contribution >= 0.6 is 0 Å². The highest BCUT2D eigenvalue weighted by atomic mass is 16.7. The molecule has 28 heavy (non-hydrogen) atoms. The molecule has 1 amide bonds. The predicted octanol–water partition coefficient (Wildman–Crippen LogP) is 2.20. The van der Waals surface area contributed by atoms with Crippen molar-refractivity contribution in [2.75, 3.05) is 46.6 Å². The summed E-state index contributed by atoms with van der Waals surface area (Å²) in [4.78, 5) is 17.7. The number of hydrogen-bond acceptors (Lipinski definition) is 5. The van der Waals surface area contributed by atoms with Crippen molar-refractivity contribution in [1.29, 1.82) is 0 Å². The summed E-state index contributed by atoms with van der Waals surface area (Å²) in [5.41, 5.74) is 2.00. The summed E-state index contributed by atoms with van der Waals surface area (Å²) in [6.07, 6.45) is -0.631. The van der Waals surface area contributed by atoms with Crippen LogP contribution in [-0.2, 0) is 9.53 Å². The van der Waals surface area contributed by atoms with Gasteiger partial charge in [-0.25, -0.2) is 0 Å². The van der Waals surface area contributed by atoms with Crippen LogP contribution in [0, 0.1) is 0 Å². The second-order valence-electron chi connectivity index (χ2n) is 7.36. The Bertz CT molecular complexity index is 791. The molecule has 2 aromatic rings. The van der Waals surface area contributed by atoms with Crippen LogP contribution in [0.1, 0.15) is 23.3 Å². The van der Waals surface area contributed by atoms with Crippen molar-refractivity contribution in [3.8, 4) is 5.75 Å². The van der Waals surface area contributed by atoms with Gasteiger partial charge in [-0.3, -0.25) is 9.69 Å². The van der Waals surface area contributed by atoms with E-state index >= 15 is 0 Å². The summed E-state index contributed by atoms with van der Waals surface area (Å²) in [5, 5.41) is 3.13. The van der Waals surface area contributed by atoms with Gasteiger partial charge in [0.15, 0.2) is 12.9 Å². The smallest absolute Gasteiger partial charge is 0.254 e. The maximum absolute atomic E-state index is 12.9. The molecule has 0 aromatic heterocycles. The number of nitrogens with one attached hydrogen (secondary N) is 1. The number of benzene rings is 2. The first kappa shape index (κ1) is 18.9. The first-order chi connectivity index (χ1) is 13.7. The highest BCUT2D eigenvalue weighted by Crippen LogP contribution is 2.32. The third kappa shape index (κ3) is 4.19. The van der Waals surface area contributed by atoms with Crippen molar-refractivity contribution in [1.82, 2.24) is 15.1 Å². The molecule has 2 aliphatic rings. The van der Waals surface area contributed by atoms with Crippen LogP contribution in [0.25, 0.3) is 0 Å². The first-order valence-corrected chi connectivity index (χ1v) is 9.81. The number of likely N-dealkylation sites (N-methyl/N-ethyl adjacent to an activating group) is 1. The maximum atomic E-state index is 12.9. The maximum Gasteiger partial charge on any atom is 0.254 e. The summed E-state index contributed by atoms with van der Waals surface area (Å²) in [6.45, 7) is 4.69. The Labute approximate surface area is 166 Å². The lowest BCUT2D eigenvalue weighted by molar-refractivity contribution is -0.142. The largest absolute Gasteiger partial charge is 0.467 e. The van der Waals surface area contributed by atoms with E-state index in [9.17, 15) is 4.79 Å². The van der Waals surface area contributed by atoms with Crippen LogP contribution in [0.15, 0.2) is 54.6 Å². The van der Waals surface area contributed by atoms with Crippen LogP contribution in [-0.4, -0.2) is 62.3 Å². The van der Waals surface area contributed by atoms with Crippen LogP contribution in [0.4, 0.5) is 0 Å². The van der Waals surface area contributed by atoms with Crippen molar-refractivity contribution >= 4 is 5.91 Å². The predicted molar refractivity (Wildman–Crippen MR) is 107 cm³/mol. The lowest BCUT2D eigenvalue weighted by atomic mass is 10.0. The number of rotatable bonds is 5. The molecule has 2 aromatic carbocycles. The average molecular weight is 381 g/mol. The minimum Gasteiger partial charge on any atom is -0.467 e. The molecule has 0 radical (unpaired) electrons. The molecule has 0 aliphatic carbocycles. The van der Waals surface area contributed by atoms with Gasteiger partial charge in [0, 0.05) is 38.3 Å². The normalized spacial score (nSPS) is 21.4. The van der Waals surface area contributed by atoms with E-state index in [4.69, 9.17) is 9.47 Å². The number of nitrogens with zero attached hydrogens (tertiary/aromatic N) is 2. The number of carbonyl (C=O) groups is 1. The second kappa shape index (κ2) is 8.73. The minimum atomic E-state index is -0.631. The van der Waals surface area contributed by atoms with Gasteiger partial charge in [-0.1, -0.05) is 48.5 Å². The highest BCUT2D eigenvalue weighted by Gasteiger charge is 2.30. The molecule has 0 spiro atoms. The van der Waals surface area contributed by atoms with Gasteiger partial charge in [-0.05, 0) is 18.7 Å². The zero-order chi connectivity index (χ0) is 19.3. The van der Waals surface area contributed by atoms with E-state index in [1.165, 1.54) is 5.56 Å². The number of fused-ring (bicyclic) bond motifs is 1. The minimum absolute atomic E-state index is 0.0929. The molecule has 1 saturated heterocycles. The van der Waals surface area contributed by atoms with Gasteiger partial charge in [0.25, 0.3) is 5.91 Å². The van der Waals surface area contributed by atoms with Crippen molar-refractivity contribution in [3.05, 3.63) is 65.7 Å². The van der Waals surface area contributed by atoms with E-state index in [0.29, 0.717) is 12.3 Å². The van der Waals surface area contributed by atoms with E-state index in [2.05, 4.69) is 46.4 Å². The average Bonchev–Trinajstić information content (AvgIpc) is 2.75. The fourth-order valence-corrected chi connectivity index (χ4v) is 3.86. The molecule has 0 saturated carbocycles. The molecule has 1 fully saturated rings. The Morgan fingerprint density at radius 2 is 1.79 bits per heavy atom. The summed E-state index contributed by atoms with van der Waals surface area (Å²) in [5.74, 6) is 0.596. The van der Waals surface area contributed by atoms with Crippen molar-refractivity contribution in [2.24, 2.45) is 0 Å². The molecule has 1 N–H and O–H groups in total. The lowest BCUT2D eigenvalue weighted by Crippen LogP contribution is -2.49. The summed E-state index contributed by atoms with van der Waals surface area (Å²) in [6, 6.07) is 18.1. The monoisotopic (exact) mass is 381 g/mol. The van der Waals surface area contributed by atoms with Gasteiger partial charge < -0.3 is 19.7 Å². The summed E-state index contributed by atoms with van der Waals surface area (Å²) < 4.78 is 11.1. The molecular formula is C22H27N3O3. The number of hydrogen-bond donors (Lipinski definition) is 1. The van der Waals surface area contributed by atoms with E-state index in [1.54, 1.807) is 0 Å². The second-order valence-corrected chi connectivity index (χ2v) is 7.36. The van der Waals surface area contributed by atoms with Crippen LogP contribution in [0.5, 0.6) is 5.75 Å². The van der Waals surface area contributed by atoms with Gasteiger partial charge in [-0.2, -0.15) is 0 Å². The number of piperazine rings is 1. The highest BCUT2D eigenvalue weighted by molar-refractivity contribution is 5.83. The van der Waals surface area contributed by atoms with Crippen molar-refractivity contribution < 1.29 is 14.3 Å². The van der Waals surface area contributed by atoms with Crippen molar-refractivity contribution in [2.45, 2.75) is 12.1 Å². The van der Waals surface area contributed by atoms with E-state index < -0.39 is 6.10 Å². The Kier molecular flexibility index (Phi) is 5.90. The zero-order valence-corrected chi connectivity index (χ0v) is 16.2.